The molecule has 0 aromatic carbocycles. The fourth-order valence-electron chi connectivity index (χ4n) is 3.03. The number of ether oxygens (including phenoxy) is 1. The molecule has 2 heterocycles. The monoisotopic (exact) mass is 330 g/mol. The van der Waals surface area contributed by atoms with E-state index in [0.29, 0.717) is 36.3 Å². The number of hydrogen-bond acceptors (Lipinski definition) is 3. The predicted octanol–water partition coefficient (Wildman–Crippen LogP) is 3.94. The molecule has 0 aliphatic carbocycles. The Morgan fingerprint density at radius 3 is 2.08 bits per heavy atom. The van der Waals surface area contributed by atoms with E-state index < -0.39 is 5.97 Å². The lowest BCUT2D eigenvalue weighted by Crippen LogP contribution is -2.07. The molecule has 0 radical (unpaired) electrons. The van der Waals surface area contributed by atoms with Crippen LogP contribution in [-0.2, 0) is 11.2 Å². The highest BCUT2D eigenvalue weighted by Crippen LogP contribution is 2.26. The number of ketones is 1. The van der Waals surface area contributed by atoms with Gasteiger partial charge in [0.25, 0.3) is 0 Å². The Hall–Kier alpha value is -2.30. The van der Waals surface area contributed by atoms with Crippen LogP contribution in [0.25, 0.3) is 0 Å². The number of nitrogens with one attached hydrogen (secondary N) is 2. The smallest absolute Gasteiger partial charge is 0.355 e. The molecule has 2 aromatic rings. The Morgan fingerprint density at radius 1 is 0.917 bits per heavy atom. The fourth-order valence-corrected chi connectivity index (χ4v) is 3.03. The molecule has 0 amide bonds. The van der Waals surface area contributed by atoms with Gasteiger partial charge >= 0.3 is 5.97 Å². The van der Waals surface area contributed by atoms with Gasteiger partial charge in [-0.25, -0.2) is 4.79 Å². The molecule has 2 rings (SSSR count). The van der Waals surface area contributed by atoms with Gasteiger partial charge in [0.2, 0.25) is 0 Å². The molecule has 24 heavy (non-hydrogen) atoms. The van der Waals surface area contributed by atoms with E-state index in [9.17, 15) is 9.59 Å². The van der Waals surface area contributed by atoms with Crippen LogP contribution >= 0.6 is 0 Å². The number of carbonyl (C=O) groups excluding carboxylic acids is 2. The SMILES string of the molecule is CCOC(=O)c1[nH]c(Cc2[nH]c(C)c(C)c2C)c(C(=O)CC)c1C. The van der Waals surface area contributed by atoms with Crippen molar-refractivity contribution in [3.05, 3.63) is 45.0 Å². The molecule has 0 fully saturated rings. The maximum atomic E-state index is 12.4. The molecule has 0 aliphatic heterocycles. The molecule has 5 heteroatoms. The lowest BCUT2D eigenvalue weighted by molar-refractivity contribution is 0.0519. The second-order valence-electron chi connectivity index (χ2n) is 6.13. The number of H-pyrrole nitrogens is 2. The van der Waals surface area contributed by atoms with Crippen LogP contribution in [0.3, 0.4) is 0 Å². The number of aryl methyl sites for hydroxylation is 1. The first kappa shape index (κ1) is 18.0. The van der Waals surface area contributed by atoms with Crippen LogP contribution in [0.2, 0.25) is 0 Å². The van der Waals surface area contributed by atoms with E-state index in [1.807, 2.05) is 13.8 Å². The van der Waals surface area contributed by atoms with Gasteiger partial charge in [0.15, 0.2) is 5.78 Å². The molecule has 5 nitrogen and oxygen atoms in total. The topological polar surface area (TPSA) is 75.0 Å². The van der Waals surface area contributed by atoms with Crippen LogP contribution in [0.1, 0.15) is 74.9 Å². The van der Waals surface area contributed by atoms with E-state index in [4.69, 9.17) is 4.74 Å². The maximum absolute atomic E-state index is 12.4. The molecular formula is C19H26N2O3. The summed E-state index contributed by atoms with van der Waals surface area (Å²) in [4.78, 5) is 31.1. The number of aromatic amines is 2. The number of aromatic nitrogens is 2. The number of Topliss-reactive ketones (excluding diaryl/α,β-unsaturated/α-hetero) is 1. The third-order valence-electron chi connectivity index (χ3n) is 4.68. The Morgan fingerprint density at radius 2 is 1.58 bits per heavy atom. The number of esters is 1. The van der Waals surface area contributed by atoms with Crippen LogP contribution in [0.5, 0.6) is 0 Å². The van der Waals surface area contributed by atoms with E-state index in [-0.39, 0.29) is 5.78 Å². The minimum absolute atomic E-state index is 0.0342. The molecule has 0 atom stereocenters. The molecule has 2 aromatic heterocycles. The zero-order chi connectivity index (χ0) is 18.0. The average molecular weight is 330 g/mol. The quantitative estimate of drug-likeness (QED) is 0.622. The van der Waals surface area contributed by atoms with Crippen LogP contribution < -0.4 is 0 Å². The molecule has 2 N–H and O–H groups in total. The first-order valence-corrected chi connectivity index (χ1v) is 8.38. The molecule has 0 aliphatic rings. The third-order valence-corrected chi connectivity index (χ3v) is 4.68. The first-order chi connectivity index (χ1) is 11.3. The van der Waals surface area contributed by atoms with Crippen molar-refractivity contribution in [2.24, 2.45) is 0 Å². The Balaban J connectivity index is 2.51. The fraction of sp³-hybridized carbons (Fsp3) is 0.474. The van der Waals surface area contributed by atoms with Crippen molar-refractivity contribution < 1.29 is 14.3 Å². The highest BCUT2D eigenvalue weighted by Gasteiger charge is 2.24. The standard InChI is InChI=1S/C19H26N2O3/c1-7-16(22)17-12(5)18(19(23)24-8-2)21-15(17)9-14-11(4)10(3)13(6)20-14/h20-21H,7-9H2,1-6H3. The second-order valence-corrected chi connectivity index (χ2v) is 6.13. The van der Waals surface area contributed by atoms with Crippen LogP contribution in [0.4, 0.5) is 0 Å². The summed E-state index contributed by atoms with van der Waals surface area (Å²) in [5.41, 5.74) is 7.03. The molecule has 0 saturated carbocycles. The second kappa shape index (κ2) is 7.07. The number of rotatable bonds is 6. The van der Waals surface area contributed by atoms with Gasteiger partial charge in [0, 0.05) is 35.5 Å². The summed E-state index contributed by atoms with van der Waals surface area (Å²) < 4.78 is 5.10. The molecule has 130 valence electrons. The van der Waals surface area contributed by atoms with Gasteiger partial charge in [-0.1, -0.05) is 6.92 Å². The molecule has 0 bridgehead atoms. The Labute approximate surface area is 142 Å². The van der Waals surface area contributed by atoms with E-state index in [1.165, 1.54) is 11.1 Å². The normalized spacial score (nSPS) is 10.9. The first-order valence-electron chi connectivity index (χ1n) is 8.38. The van der Waals surface area contributed by atoms with Gasteiger partial charge in [-0.2, -0.15) is 0 Å². The Kier molecular flexibility index (Phi) is 5.32. The van der Waals surface area contributed by atoms with Crippen molar-refractivity contribution in [3.63, 3.8) is 0 Å². The summed E-state index contributed by atoms with van der Waals surface area (Å²) in [6.45, 7) is 11.9. The molecule has 0 unspecified atom stereocenters. The van der Waals surface area contributed by atoms with Crippen molar-refractivity contribution in [2.75, 3.05) is 6.61 Å². The third kappa shape index (κ3) is 3.16. The van der Waals surface area contributed by atoms with Gasteiger partial charge < -0.3 is 14.7 Å². The van der Waals surface area contributed by atoms with Gasteiger partial charge in [0.05, 0.1) is 6.61 Å². The lowest BCUT2D eigenvalue weighted by atomic mass is 10.00. The highest BCUT2D eigenvalue weighted by atomic mass is 16.5. The van der Waals surface area contributed by atoms with Gasteiger partial charge in [-0.05, 0) is 51.3 Å². The van der Waals surface area contributed by atoms with E-state index in [1.54, 1.807) is 13.8 Å². The average Bonchev–Trinajstić information content (AvgIpc) is 2.99. The van der Waals surface area contributed by atoms with E-state index in [2.05, 4.69) is 23.8 Å². The summed E-state index contributed by atoms with van der Waals surface area (Å²) in [5.74, 6) is -0.381. The van der Waals surface area contributed by atoms with Crippen molar-refractivity contribution >= 4 is 11.8 Å². The Bertz CT molecular complexity index is 781. The van der Waals surface area contributed by atoms with Crippen LogP contribution in [-0.4, -0.2) is 28.3 Å². The molecular weight excluding hydrogens is 304 g/mol. The summed E-state index contributed by atoms with van der Waals surface area (Å²) in [7, 11) is 0. The van der Waals surface area contributed by atoms with Crippen molar-refractivity contribution in [3.8, 4) is 0 Å². The van der Waals surface area contributed by atoms with E-state index in [0.717, 1.165) is 17.1 Å². The van der Waals surface area contributed by atoms with Crippen molar-refractivity contribution in [2.45, 2.75) is 54.4 Å². The van der Waals surface area contributed by atoms with Crippen LogP contribution in [0.15, 0.2) is 0 Å². The van der Waals surface area contributed by atoms with Gasteiger partial charge in [-0.3, -0.25) is 4.79 Å². The zero-order valence-corrected chi connectivity index (χ0v) is 15.3. The minimum Gasteiger partial charge on any atom is -0.461 e. The minimum atomic E-state index is -0.415. The summed E-state index contributed by atoms with van der Waals surface area (Å²) in [6, 6.07) is 0. The largest absolute Gasteiger partial charge is 0.461 e. The lowest BCUT2D eigenvalue weighted by Gasteiger charge is -2.04. The summed E-state index contributed by atoms with van der Waals surface area (Å²) >= 11 is 0. The van der Waals surface area contributed by atoms with E-state index >= 15 is 0 Å². The molecule has 0 saturated heterocycles. The highest BCUT2D eigenvalue weighted by molar-refractivity contribution is 6.02. The number of hydrogen-bond donors (Lipinski definition) is 2. The van der Waals surface area contributed by atoms with Crippen molar-refractivity contribution in [1.29, 1.82) is 0 Å². The van der Waals surface area contributed by atoms with Crippen molar-refractivity contribution in [1.82, 2.24) is 9.97 Å². The van der Waals surface area contributed by atoms with Gasteiger partial charge in [0.1, 0.15) is 5.69 Å². The zero-order valence-electron chi connectivity index (χ0n) is 15.3. The summed E-state index contributed by atoms with van der Waals surface area (Å²) in [5, 5.41) is 0. The predicted molar refractivity (Wildman–Crippen MR) is 93.9 cm³/mol. The number of carbonyl (C=O) groups is 2. The van der Waals surface area contributed by atoms with Crippen LogP contribution in [0, 0.1) is 27.7 Å². The summed E-state index contributed by atoms with van der Waals surface area (Å²) in [6.07, 6.45) is 0.956. The van der Waals surface area contributed by atoms with Gasteiger partial charge in [-0.15, -0.1) is 0 Å². The molecule has 0 spiro atoms. The maximum Gasteiger partial charge on any atom is 0.355 e.